The molecular formula is C14H14F3NO3. The van der Waals surface area contributed by atoms with Gasteiger partial charge in [0.15, 0.2) is 0 Å². The van der Waals surface area contributed by atoms with Gasteiger partial charge < -0.3 is 14.7 Å². The third-order valence-electron chi connectivity index (χ3n) is 3.83. The van der Waals surface area contributed by atoms with E-state index in [0.29, 0.717) is 25.1 Å². The van der Waals surface area contributed by atoms with Gasteiger partial charge in [0.25, 0.3) is 0 Å². The average molecular weight is 301 g/mol. The molecule has 4 nitrogen and oxygen atoms in total. The zero-order valence-corrected chi connectivity index (χ0v) is 11.0. The normalized spacial score (nSPS) is 25.4. The standard InChI is InChI=1S/C14H14F3NO3/c15-14(16,17)21-12-4-2-1-3-9(12)10-5-11(10)13(20)18-6-8(19)7-18/h1-4,8,10-11,19H,5-7H2. The van der Waals surface area contributed by atoms with E-state index >= 15 is 0 Å². The Morgan fingerprint density at radius 3 is 2.57 bits per heavy atom. The monoisotopic (exact) mass is 301 g/mol. The maximum atomic E-state index is 12.4. The van der Waals surface area contributed by atoms with Crippen LogP contribution in [0.5, 0.6) is 5.75 Å². The number of nitrogens with zero attached hydrogens (tertiary/aromatic N) is 1. The molecule has 1 amide bonds. The number of ether oxygens (including phenoxy) is 1. The largest absolute Gasteiger partial charge is 0.573 e. The Morgan fingerprint density at radius 1 is 1.29 bits per heavy atom. The van der Waals surface area contributed by atoms with E-state index in [1.54, 1.807) is 12.1 Å². The zero-order valence-electron chi connectivity index (χ0n) is 11.0. The van der Waals surface area contributed by atoms with Crippen LogP contribution in [0, 0.1) is 5.92 Å². The number of halogens is 3. The van der Waals surface area contributed by atoms with Crippen LogP contribution in [-0.4, -0.2) is 41.5 Å². The summed E-state index contributed by atoms with van der Waals surface area (Å²) in [6, 6.07) is 5.92. The van der Waals surface area contributed by atoms with Gasteiger partial charge in [-0.1, -0.05) is 18.2 Å². The number of aliphatic hydroxyl groups excluding tert-OH is 1. The van der Waals surface area contributed by atoms with Crippen molar-refractivity contribution in [2.45, 2.75) is 24.8 Å². The summed E-state index contributed by atoms with van der Waals surface area (Å²) in [4.78, 5) is 13.6. The molecule has 1 saturated heterocycles. The lowest BCUT2D eigenvalue weighted by Crippen LogP contribution is -2.54. The molecule has 1 saturated carbocycles. The summed E-state index contributed by atoms with van der Waals surface area (Å²) in [5.41, 5.74) is 0.411. The van der Waals surface area contributed by atoms with Crippen molar-refractivity contribution in [2.75, 3.05) is 13.1 Å². The van der Waals surface area contributed by atoms with E-state index in [1.165, 1.54) is 17.0 Å². The number of hydrogen-bond donors (Lipinski definition) is 1. The fourth-order valence-corrected chi connectivity index (χ4v) is 2.69. The minimum Gasteiger partial charge on any atom is -0.405 e. The molecule has 7 heteroatoms. The fraction of sp³-hybridized carbons (Fsp3) is 0.500. The molecule has 1 aliphatic carbocycles. The Hall–Kier alpha value is -1.76. The van der Waals surface area contributed by atoms with Gasteiger partial charge in [0, 0.05) is 19.0 Å². The van der Waals surface area contributed by atoms with Gasteiger partial charge in [-0.15, -0.1) is 13.2 Å². The molecule has 0 spiro atoms. The van der Waals surface area contributed by atoms with Crippen molar-refractivity contribution in [3.8, 4) is 5.75 Å². The minimum atomic E-state index is -4.74. The fourth-order valence-electron chi connectivity index (χ4n) is 2.69. The van der Waals surface area contributed by atoms with E-state index in [1.807, 2.05) is 0 Å². The van der Waals surface area contributed by atoms with Crippen molar-refractivity contribution in [3.63, 3.8) is 0 Å². The van der Waals surface area contributed by atoms with Crippen LogP contribution in [0.3, 0.4) is 0 Å². The molecule has 1 aromatic rings. The van der Waals surface area contributed by atoms with E-state index < -0.39 is 12.5 Å². The summed E-state index contributed by atoms with van der Waals surface area (Å²) in [5, 5.41) is 9.19. The Morgan fingerprint density at radius 2 is 1.95 bits per heavy atom. The first-order valence-corrected chi connectivity index (χ1v) is 6.66. The van der Waals surface area contributed by atoms with Gasteiger partial charge in [-0.3, -0.25) is 4.79 Å². The molecule has 2 atom stereocenters. The maximum Gasteiger partial charge on any atom is 0.573 e. The van der Waals surface area contributed by atoms with Crippen LogP contribution in [0.15, 0.2) is 24.3 Å². The van der Waals surface area contributed by atoms with Crippen molar-refractivity contribution in [1.29, 1.82) is 0 Å². The number of carbonyl (C=O) groups excluding carboxylic acids is 1. The van der Waals surface area contributed by atoms with Gasteiger partial charge in [-0.2, -0.15) is 0 Å². The van der Waals surface area contributed by atoms with E-state index in [9.17, 15) is 23.1 Å². The van der Waals surface area contributed by atoms with Gasteiger partial charge in [0.05, 0.1) is 6.10 Å². The number of aliphatic hydroxyl groups is 1. The van der Waals surface area contributed by atoms with Crippen LogP contribution in [0.2, 0.25) is 0 Å². The van der Waals surface area contributed by atoms with Crippen molar-refractivity contribution in [3.05, 3.63) is 29.8 Å². The van der Waals surface area contributed by atoms with Crippen molar-refractivity contribution >= 4 is 5.91 Å². The highest BCUT2D eigenvalue weighted by molar-refractivity contribution is 5.84. The number of hydrogen-bond acceptors (Lipinski definition) is 3. The topological polar surface area (TPSA) is 49.8 Å². The smallest absolute Gasteiger partial charge is 0.405 e. The molecule has 1 heterocycles. The summed E-state index contributed by atoms with van der Waals surface area (Å²) >= 11 is 0. The van der Waals surface area contributed by atoms with Crippen LogP contribution in [0.1, 0.15) is 17.9 Å². The van der Waals surface area contributed by atoms with Crippen molar-refractivity contribution in [2.24, 2.45) is 5.92 Å². The van der Waals surface area contributed by atoms with E-state index in [2.05, 4.69) is 4.74 Å². The summed E-state index contributed by atoms with van der Waals surface area (Å²) in [6.07, 6.45) is -4.71. The molecule has 0 bridgehead atoms. The number of β-amino-alcohol motifs (C(OH)–C–C–N with tert-alkyl or cyclic N) is 1. The molecule has 0 aromatic heterocycles. The molecule has 0 radical (unpaired) electrons. The molecule has 3 rings (SSSR count). The lowest BCUT2D eigenvalue weighted by atomic mass is 10.1. The Bertz CT molecular complexity index is 555. The number of carbonyl (C=O) groups is 1. The predicted octanol–water partition coefficient (Wildman–Crippen LogP) is 1.89. The number of rotatable bonds is 3. The van der Waals surface area contributed by atoms with Gasteiger partial charge >= 0.3 is 6.36 Å². The SMILES string of the molecule is O=C(C1CC1c1ccccc1OC(F)(F)F)N1CC(O)C1. The zero-order chi connectivity index (χ0) is 15.2. The molecule has 1 aromatic carbocycles. The molecule has 114 valence electrons. The number of alkyl halides is 3. The van der Waals surface area contributed by atoms with E-state index in [-0.39, 0.29) is 23.5 Å². The lowest BCUT2D eigenvalue weighted by molar-refractivity contribution is -0.274. The number of likely N-dealkylation sites (tertiary alicyclic amines) is 1. The first-order chi connectivity index (χ1) is 9.85. The minimum absolute atomic E-state index is 0.105. The average Bonchev–Trinajstić information content (AvgIpc) is 3.13. The predicted molar refractivity (Wildman–Crippen MR) is 66.6 cm³/mol. The Balaban J connectivity index is 1.70. The first-order valence-electron chi connectivity index (χ1n) is 6.66. The molecule has 1 N–H and O–H groups in total. The maximum absolute atomic E-state index is 12.4. The summed E-state index contributed by atoms with van der Waals surface area (Å²) < 4.78 is 41.1. The summed E-state index contributed by atoms with van der Waals surface area (Å²) in [7, 11) is 0. The second kappa shape index (κ2) is 4.91. The van der Waals surface area contributed by atoms with Gasteiger partial charge in [-0.25, -0.2) is 0 Å². The third-order valence-corrected chi connectivity index (χ3v) is 3.83. The highest BCUT2D eigenvalue weighted by Gasteiger charge is 2.49. The lowest BCUT2D eigenvalue weighted by Gasteiger charge is -2.36. The molecular weight excluding hydrogens is 287 g/mol. The number of benzene rings is 1. The molecule has 2 fully saturated rings. The summed E-state index contributed by atoms with van der Waals surface area (Å²) in [5.74, 6) is -0.898. The molecule has 21 heavy (non-hydrogen) atoms. The molecule has 2 aliphatic rings. The van der Waals surface area contributed by atoms with Gasteiger partial charge in [0.2, 0.25) is 5.91 Å². The molecule has 2 unspecified atom stereocenters. The summed E-state index contributed by atoms with van der Waals surface area (Å²) in [6.45, 7) is 0.617. The second-order valence-corrected chi connectivity index (χ2v) is 5.43. The Kier molecular flexibility index (Phi) is 3.32. The third kappa shape index (κ3) is 2.97. The van der Waals surface area contributed by atoms with Crippen LogP contribution < -0.4 is 4.74 Å². The van der Waals surface area contributed by atoms with Gasteiger partial charge in [0.1, 0.15) is 5.75 Å². The molecule has 1 aliphatic heterocycles. The quantitative estimate of drug-likeness (QED) is 0.927. The highest BCUT2D eigenvalue weighted by atomic mass is 19.4. The van der Waals surface area contributed by atoms with Crippen LogP contribution in [0.4, 0.5) is 13.2 Å². The van der Waals surface area contributed by atoms with Gasteiger partial charge in [-0.05, 0) is 24.0 Å². The first kappa shape index (κ1) is 14.2. The number of para-hydroxylation sites is 1. The highest BCUT2D eigenvalue weighted by Crippen LogP contribution is 2.52. The van der Waals surface area contributed by atoms with Crippen LogP contribution >= 0.6 is 0 Å². The second-order valence-electron chi connectivity index (χ2n) is 5.43. The van der Waals surface area contributed by atoms with Crippen LogP contribution in [-0.2, 0) is 4.79 Å². The van der Waals surface area contributed by atoms with E-state index in [0.717, 1.165) is 0 Å². The van der Waals surface area contributed by atoms with Crippen molar-refractivity contribution < 1.29 is 27.8 Å². The van der Waals surface area contributed by atoms with Crippen LogP contribution in [0.25, 0.3) is 0 Å². The number of amides is 1. The van der Waals surface area contributed by atoms with E-state index in [4.69, 9.17) is 0 Å². The van der Waals surface area contributed by atoms with Crippen molar-refractivity contribution in [1.82, 2.24) is 4.90 Å². The Labute approximate surface area is 119 Å².